The van der Waals surface area contributed by atoms with Crippen LogP contribution in [-0.2, 0) is 0 Å². The molecule has 2 aromatic rings. The van der Waals surface area contributed by atoms with Gasteiger partial charge in [-0.25, -0.2) is 22.2 Å². The van der Waals surface area contributed by atoms with Gasteiger partial charge in [-0.2, -0.15) is 0 Å². The molecule has 0 radical (unpaired) electrons. The van der Waals surface area contributed by atoms with Crippen molar-refractivity contribution in [3.63, 3.8) is 0 Å². The average molecular weight is 260 g/mol. The zero-order valence-electron chi connectivity index (χ0n) is 9.16. The third-order valence-corrected chi connectivity index (χ3v) is 2.30. The van der Waals surface area contributed by atoms with Crippen LogP contribution in [0.25, 0.3) is 5.69 Å². The van der Waals surface area contributed by atoms with Crippen LogP contribution in [0.3, 0.4) is 0 Å². The molecule has 8 heteroatoms. The van der Waals surface area contributed by atoms with Crippen LogP contribution in [0.1, 0.15) is 18.7 Å². The first-order chi connectivity index (χ1) is 8.41. The second-order valence-corrected chi connectivity index (χ2v) is 3.69. The van der Waals surface area contributed by atoms with Crippen molar-refractivity contribution in [2.75, 3.05) is 0 Å². The fraction of sp³-hybridized carbons (Fsp3) is 0.200. The molecule has 1 atom stereocenters. The Morgan fingerprint density at radius 3 is 2.17 bits per heavy atom. The lowest BCUT2D eigenvalue weighted by Crippen LogP contribution is -2.07. The van der Waals surface area contributed by atoms with Crippen molar-refractivity contribution in [1.29, 1.82) is 0 Å². The smallest absolute Gasteiger partial charge is 0.187 e. The van der Waals surface area contributed by atoms with Crippen molar-refractivity contribution >= 4 is 0 Å². The SMILES string of the molecule is CC(N)c1cn(-c2c(F)c(F)cc(F)c2F)nn1. The van der Waals surface area contributed by atoms with Crippen LogP contribution in [0, 0.1) is 23.3 Å². The molecule has 2 rings (SSSR count). The van der Waals surface area contributed by atoms with Gasteiger partial charge in [-0.05, 0) is 6.92 Å². The van der Waals surface area contributed by atoms with Crippen molar-refractivity contribution in [2.45, 2.75) is 13.0 Å². The molecular formula is C10H8F4N4. The Morgan fingerprint density at radius 2 is 1.72 bits per heavy atom. The largest absolute Gasteiger partial charge is 0.323 e. The number of aromatic nitrogens is 3. The lowest BCUT2D eigenvalue weighted by atomic mass is 10.2. The highest BCUT2D eigenvalue weighted by molar-refractivity contribution is 5.36. The van der Waals surface area contributed by atoms with Crippen LogP contribution < -0.4 is 5.73 Å². The first-order valence-corrected chi connectivity index (χ1v) is 4.93. The van der Waals surface area contributed by atoms with Gasteiger partial charge < -0.3 is 5.73 Å². The van der Waals surface area contributed by atoms with E-state index in [0.29, 0.717) is 4.68 Å². The molecule has 0 saturated carbocycles. The number of benzene rings is 1. The fourth-order valence-corrected chi connectivity index (χ4v) is 1.36. The monoisotopic (exact) mass is 260 g/mol. The topological polar surface area (TPSA) is 56.7 Å². The summed E-state index contributed by atoms with van der Waals surface area (Å²) in [7, 11) is 0. The summed E-state index contributed by atoms with van der Waals surface area (Å²) < 4.78 is 53.5. The van der Waals surface area contributed by atoms with Gasteiger partial charge in [0.15, 0.2) is 23.3 Å². The number of nitrogens with two attached hydrogens (primary N) is 1. The van der Waals surface area contributed by atoms with Crippen molar-refractivity contribution in [2.24, 2.45) is 5.73 Å². The molecule has 0 saturated heterocycles. The lowest BCUT2D eigenvalue weighted by Gasteiger charge is -2.05. The number of rotatable bonds is 2. The molecule has 1 aromatic heterocycles. The summed E-state index contributed by atoms with van der Waals surface area (Å²) in [5.41, 5.74) is 4.76. The molecular weight excluding hydrogens is 252 g/mol. The van der Waals surface area contributed by atoms with Crippen LogP contribution in [0.4, 0.5) is 17.6 Å². The predicted molar refractivity (Wildman–Crippen MR) is 53.8 cm³/mol. The van der Waals surface area contributed by atoms with Gasteiger partial charge in [0.05, 0.1) is 11.9 Å². The van der Waals surface area contributed by atoms with Crippen LogP contribution in [0.15, 0.2) is 12.3 Å². The second kappa shape index (κ2) is 4.37. The molecule has 1 heterocycles. The van der Waals surface area contributed by atoms with Gasteiger partial charge in [0.1, 0.15) is 5.69 Å². The van der Waals surface area contributed by atoms with E-state index >= 15 is 0 Å². The fourth-order valence-electron chi connectivity index (χ4n) is 1.36. The predicted octanol–water partition coefficient (Wildman–Crippen LogP) is 1.84. The van der Waals surface area contributed by atoms with E-state index in [9.17, 15) is 17.6 Å². The van der Waals surface area contributed by atoms with Crippen LogP contribution >= 0.6 is 0 Å². The summed E-state index contributed by atoms with van der Waals surface area (Å²) in [4.78, 5) is 0. The molecule has 1 unspecified atom stereocenters. The van der Waals surface area contributed by atoms with Gasteiger partial charge in [0.25, 0.3) is 0 Å². The molecule has 0 aliphatic heterocycles. The summed E-state index contributed by atoms with van der Waals surface area (Å²) in [6.07, 6.45) is 1.10. The quantitative estimate of drug-likeness (QED) is 0.662. The number of hydrogen-bond donors (Lipinski definition) is 1. The normalized spacial score (nSPS) is 12.8. The maximum Gasteiger partial charge on any atom is 0.187 e. The second-order valence-electron chi connectivity index (χ2n) is 3.69. The Labute approximate surface area is 99.0 Å². The van der Waals surface area contributed by atoms with Crippen LogP contribution in [0.2, 0.25) is 0 Å². The Morgan fingerprint density at radius 1 is 1.17 bits per heavy atom. The van der Waals surface area contributed by atoms with Gasteiger partial charge in [-0.1, -0.05) is 5.21 Å². The van der Waals surface area contributed by atoms with E-state index in [1.54, 1.807) is 6.92 Å². The van der Waals surface area contributed by atoms with E-state index < -0.39 is 35.0 Å². The number of halogens is 4. The maximum atomic E-state index is 13.4. The molecule has 0 fully saturated rings. The Hall–Kier alpha value is -1.96. The summed E-state index contributed by atoms with van der Waals surface area (Å²) in [6.45, 7) is 1.58. The van der Waals surface area contributed by atoms with Crippen molar-refractivity contribution in [3.8, 4) is 5.69 Å². The van der Waals surface area contributed by atoms with E-state index in [0.717, 1.165) is 6.20 Å². The molecule has 0 amide bonds. The van der Waals surface area contributed by atoms with E-state index in [1.165, 1.54) is 0 Å². The van der Waals surface area contributed by atoms with Gasteiger partial charge in [-0.3, -0.25) is 0 Å². The summed E-state index contributed by atoms with van der Waals surface area (Å²) >= 11 is 0. The van der Waals surface area contributed by atoms with E-state index in [-0.39, 0.29) is 11.8 Å². The Balaban J connectivity index is 2.62. The zero-order valence-corrected chi connectivity index (χ0v) is 9.16. The summed E-state index contributed by atoms with van der Waals surface area (Å²) in [5, 5.41) is 6.93. The lowest BCUT2D eigenvalue weighted by molar-refractivity contribution is 0.443. The molecule has 0 spiro atoms. The van der Waals surface area contributed by atoms with Gasteiger partial charge in [-0.15, -0.1) is 5.10 Å². The van der Waals surface area contributed by atoms with E-state index in [4.69, 9.17) is 5.73 Å². The maximum absolute atomic E-state index is 13.4. The molecule has 4 nitrogen and oxygen atoms in total. The van der Waals surface area contributed by atoms with Gasteiger partial charge >= 0.3 is 0 Å². The molecule has 0 aliphatic carbocycles. The third-order valence-electron chi connectivity index (χ3n) is 2.30. The summed E-state index contributed by atoms with van der Waals surface area (Å²) in [6, 6.07) is -0.402. The Kier molecular flexibility index (Phi) is 3.04. The molecule has 96 valence electrons. The molecule has 0 aliphatic rings. The minimum absolute atomic E-state index is 0.123. The first-order valence-electron chi connectivity index (χ1n) is 4.93. The average Bonchev–Trinajstić information content (AvgIpc) is 2.76. The van der Waals surface area contributed by atoms with E-state index in [1.807, 2.05) is 0 Å². The van der Waals surface area contributed by atoms with Crippen molar-refractivity contribution in [1.82, 2.24) is 15.0 Å². The minimum atomic E-state index is -1.55. The minimum Gasteiger partial charge on any atom is -0.323 e. The molecule has 1 aromatic carbocycles. The zero-order chi connectivity index (χ0) is 13.4. The highest BCUT2D eigenvalue weighted by Gasteiger charge is 2.22. The molecule has 0 bridgehead atoms. The highest BCUT2D eigenvalue weighted by Crippen LogP contribution is 2.22. The molecule has 18 heavy (non-hydrogen) atoms. The van der Waals surface area contributed by atoms with Gasteiger partial charge in [0.2, 0.25) is 0 Å². The van der Waals surface area contributed by atoms with Crippen molar-refractivity contribution < 1.29 is 17.6 Å². The van der Waals surface area contributed by atoms with E-state index in [2.05, 4.69) is 10.3 Å². The molecule has 2 N–H and O–H groups in total. The summed E-state index contributed by atoms with van der Waals surface area (Å²) in [5.74, 6) is -6.12. The number of hydrogen-bond acceptors (Lipinski definition) is 3. The van der Waals surface area contributed by atoms with Crippen LogP contribution in [0.5, 0.6) is 0 Å². The van der Waals surface area contributed by atoms with Crippen LogP contribution in [-0.4, -0.2) is 15.0 Å². The Bertz CT molecular complexity index is 568. The third kappa shape index (κ3) is 1.94. The van der Waals surface area contributed by atoms with Crippen molar-refractivity contribution in [3.05, 3.63) is 41.2 Å². The first kappa shape index (κ1) is 12.5. The highest BCUT2D eigenvalue weighted by atomic mass is 19.2. The standard InChI is InChI=1S/C10H8F4N4/c1-4(15)7-3-18(17-16-7)10-8(13)5(11)2-6(12)9(10)14/h2-4H,15H2,1H3. The number of nitrogens with zero attached hydrogens (tertiary/aromatic N) is 3. The van der Waals surface area contributed by atoms with Gasteiger partial charge in [0, 0.05) is 12.1 Å².